The van der Waals surface area contributed by atoms with Gasteiger partial charge in [-0.3, -0.25) is 4.79 Å². The Balaban J connectivity index is 1.66. The molecular formula is C21H22FN3O3S. The van der Waals surface area contributed by atoms with Crippen LogP contribution in [0.5, 0.6) is 0 Å². The van der Waals surface area contributed by atoms with Crippen molar-refractivity contribution in [2.45, 2.75) is 32.1 Å². The van der Waals surface area contributed by atoms with Crippen molar-refractivity contribution in [2.24, 2.45) is 0 Å². The number of ether oxygens (including phenoxy) is 1. The summed E-state index contributed by atoms with van der Waals surface area (Å²) in [5, 5.41) is 3.53. The van der Waals surface area contributed by atoms with Crippen LogP contribution in [0.2, 0.25) is 0 Å². The molecule has 0 saturated carbocycles. The fraction of sp³-hybridized carbons (Fsp3) is 0.286. The van der Waals surface area contributed by atoms with Crippen molar-refractivity contribution >= 4 is 34.7 Å². The van der Waals surface area contributed by atoms with Crippen LogP contribution in [0.15, 0.2) is 47.6 Å². The number of hydrogen-bond donors (Lipinski definition) is 1. The average Bonchev–Trinajstić information content (AvgIpc) is 3.08. The van der Waals surface area contributed by atoms with Gasteiger partial charge in [-0.25, -0.2) is 14.2 Å². The van der Waals surface area contributed by atoms with E-state index in [9.17, 15) is 14.0 Å². The van der Waals surface area contributed by atoms with Gasteiger partial charge in [0.2, 0.25) is 5.91 Å². The minimum absolute atomic E-state index is 0.138. The van der Waals surface area contributed by atoms with Gasteiger partial charge in [0, 0.05) is 13.1 Å². The number of imidazole rings is 1. The summed E-state index contributed by atoms with van der Waals surface area (Å²) in [6.45, 7) is 5.10. The van der Waals surface area contributed by atoms with Crippen molar-refractivity contribution in [1.29, 1.82) is 0 Å². The van der Waals surface area contributed by atoms with Crippen molar-refractivity contribution in [3.63, 3.8) is 0 Å². The third-order valence-electron chi connectivity index (χ3n) is 4.28. The molecule has 6 nitrogen and oxygen atoms in total. The van der Waals surface area contributed by atoms with Crippen LogP contribution in [-0.2, 0) is 22.6 Å². The van der Waals surface area contributed by atoms with Crippen molar-refractivity contribution in [3.8, 4) is 0 Å². The van der Waals surface area contributed by atoms with Crippen LogP contribution in [0.4, 0.5) is 4.39 Å². The molecule has 0 aliphatic heterocycles. The summed E-state index contributed by atoms with van der Waals surface area (Å²) >= 11 is 1.33. The molecular weight excluding hydrogens is 393 g/mol. The maximum Gasteiger partial charge on any atom is 0.338 e. The van der Waals surface area contributed by atoms with Crippen LogP contribution in [0, 0.1) is 5.82 Å². The smallest absolute Gasteiger partial charge is 0.338 e. The molecule has 0 radical (unpaired) electrons. The van der Waals surface area contributed by atoms with E-state index in [4.69, 9.17) is 4.74 Å². The highest BCUT2D eigenvalue weighted by Gasteiger charge is 2.15. The number of fused-ring (bicyclic) bond motifs is 1. The number of esters is 1. The van der Waals surface area contributed by atoms with Gasteiger partial charge in [0.15, 0.2) is 5.16 Å². The minimum atomic E-state index is -0.380. The van der Waals surface area contributed by atoms with Gasteiger partial charge < -0.3 is 14.6 Å². The molecule has 1 heterocycles. The molecule has 0 aliphatic rings. The van der Waals surface area contributed by atoms with Crippen LogP contribution in [0.25, 0.3) is 11.0 Å². The molecule has 1 aromatic heterocycles. The Bertz CT molecular complexity index is 1020. The quantitative estimate of drug-likeness (QED) is 0.448. The maximum atomic E-state index is 12.9. The number of hydrogen-bond acceptors (Lipinski definition) is 5. The van der Waals surface area contributed by atoms with Gasteiger partial charge in [0.1, 0.15) is 5.82 Å². The van der Waals surface area contributed by atoms with Gasteiger partial charge in [-0.1, -0.05) is 23.9 Å². The van der Waals surface area contributed by atoms with E-state index in [1.807, 2.05) is 17.6 Å². The van der Waals surface area contributed by atoms with Crippen LogP contribution in [0.3, 0.4) is 0 Å². The number of thioether (sulfide) groups is 1. The molecule has 2 aromatic carbocycles. The number of benzene rings is 2. The highest BCUT2D eigenvalue weighted by Crippen LogP contribution is 2.25. The molecule has 3 aromatic rings. The molecule has 0 aliphatic carbocycles. The molecule has 0 unspecified atom stereocenters. The third kappa shape index (κ3) is 5.14. The first-order valence-corrected chi connectivity index (χ1v) is 10.3. The second kappa shape index (κ2) is 9.56. The van der Waals surface area contributed by atoms with Crippen molar-refractivity contribution in [3.05, 3.63) is 59.4 Å². The van der Waals surface area contributed by atoms with Crippen LogP contribution < -0.4 is 5.32 Å². The summed E-state index contributed by atoms with van der Waals surface area (Å²) < 4.78 is 20.0. The van der Waals surface area contributed by atoms with Gasteiger partial charge in [0.05, 0.1) is 29.0 Å². The molecule has 29 heavy (non-hydrogen) atoms. The molecule has 1 amide bonds. The predicted octanol–water partition coefficient (Wildman–Crippen LogP) is 3.78. The Hall–Kier alpha value is -2.87. The van der Waals surface area contributed by atoms with E-state index in [2.05, 4.69) is 10.3 Å². The van der Waals surface area contributed by atoms with E-state index < -0.39 is 0 Å². The zero-order valence-electron chi connectivity index (χ0n) is 16.3. The Morgan fingerprint density at radius 2 is 1.93 bits per heavy atom. The summed E-state index contributed by atoms with van der Waals surface area (Å²) in [4.78, 5) is 28.7. The molecule has 8 heteroatoms. The lowest BCUT2D eigenvalue weighted by molar-refractivity contribution is -0.118. The highest BCUT2D eigenvalue weighted by molar-refractivity contribution is 7.99. The minimum Gasteiger partial charge on any atom is -0.462 e. The molecule has 3 rings (SSSR count). The molecule has 0 saturated heterocycles. The summed E-state index contributed by atoms with van der Waals surface area (Å²) in [7, 11) is 0. The number of halogens is 1. The zero-order chi connectivity index (χ0) is 20.8. The molecule has 0 atom stereocenters. The number of nitrogens with zero attached hydrogens (tertiary/aromatic N) is 2. The monoisotopic (exact) mass is 415 g/mol. The van der Waals surface area contributed by atoms with Gasteiger partial charge in [0.25, 0.3) is 0 Å². The standard InChI is InChI=1S/C21H22FN3O3S/c1-3-25-18-10-7-15(20(27)28-4-2)11-17(18)24-21(25)29-13-19(26)23-12-14-5-8-16(22)9-6-14/h5-11H,3-4,12-13H2,1-2H3,(H,23,26). The summed E-state index contributed by atoms with van der Waals surface area (Å²) in [5.41, 5.74) is 2.87. The second-order valence-corrected chi connectivity index (χ2v) is 7.20. The predicted molar refractivity (Wildman–Crippen MR) is 110 cm³/mol. The zero-order valence-corrected chi connectivity index (χ0v) is 17.1. The fourth-order valence-corrected chi connectivity index (χ4v) is 3.76. The number of aryl methyl sites for hydroxylation is 1. The van der Waals surface area contributed by atoms with E-state index in [0.29, 0.717) is 35.9 Å². The fourth-order valence-electron chi connectivity index (χ4n) is 2.85. The number of carbonyl (C=O) groups is 2. The SMILES string of the molecule is CCOC(=O)c1ccc2c(c1)nc(SCC(=O)NCc1ccc(F)cc1)n2CC. The molecule has 0 bridgehead atoms. The lowest BCUT2D eigenvalue weighted by Crippen LogP contribution is -2.24. The maximum absolute atomic E-state index is 12.9. The number of amides is 1. The van der Waals surface area contributed by atoms with E-state index in [1.165, 1.54) is 23.9 Å². The first-order chi connectivity index (χ1) is 14.0. The van der Waals surface area contributed by atoms with Crippen molar-refractivity contribution < 1.29 is 18.7 Å². The number of rotatable bonds is 8. The van der Waals surface area contributed by atoms with Gasteiger partial charge >= 0.3 is 5.97 Å². The van der Waals surface area contributed by atoms with Crippen LogP contribution >= 0.6 is 11.8 Å². The first-order valence-electron chi connectivity index (χ1n) is 9.33. The van der Waals surface area contributed by atoms with Gasteiger partial charge in [-0.15, -0.1) is 0 Å². The molecule has 0 fully saturated rings. The van der Waals surface area contributed by atoms with Gasteiger partial charge in [-0.2, -0.15) is 0 Å². The van der Waals surface area contributed by atoms with Crippen LogP contribution in [0.1, 0.15) is 29.8 Å². The summed E-state index contributed by atoms with van der Waals surface area (Å²) in [5.74, 6) is -0.619. The van der Waals surface area contributed by atoms with E-state index in [0.717, 1.165) is 11.1 Å². The van der Waals surface area contributed by atoms with Crippen LogP contribution in [-0.4, -0.2) is 33.8 Å². The first kappa shape index (κ1) is 20.9. The number of aromatic nitrogens is 2. The van der Waals surface area contributed by atoms with E-state index in [1.54, 1.807) is 31.2 Å². The lowest BCUT2D eigenvalue weighted by atomic mass is 10.2. The number of nitrogens with one attached hydrogen (secondary N) is 1. The highest BCUT2D eigenvalue weighted by atomic mass is 32.2. The second-order valence-electron chi connectivity index (χ2n) is 6.25. The Kier molecular flexibility index (Phi) is 6.87. The van der Waals surface area contributed by atoms with Crippen molar-refractivity contribution in [1.82, 2.24) is 14.9 Å². The molecule has 152 valence electrons. The lowest BCUT2D eigenvalue weighted by Gasteiger charge is -2.07. The Morgan fingerprint density at radius 1 is 1.17 bits per heavy atom. The Labute approximate surface area is 172 Å². The normalized spacial score (nSPS) is 10.9. The largest absolute Gasteiger partial charge is 0.462 e. The summed E-state index contributed by atoms with van der Waals surface area (Å²) in [6.07, 6.45) is 0. The molecule has 1 N–H and O–H groups in total. The third-order valence-corrected chi connectivity index (χ3v) is 5.25. The average molecular weight is 415 g/mol. The van der Waals surface area contributed by atoms with E-state index >= 15 is 0 Å². The molecule has 0 spiro atoms. The van der Waals surface area contributed by atoms with E-state index in [-0.39, 0.29) is 23.4 Å². The van der Waals surface area contributed by atoms with Crippen molar-refractivity contribution in [2.75, 3.05) is 12.4 Å². The van der Waals surface area contributed by atoms with Gasteiger partial charge in [-0.05, 0) is 49.7 Å². The number of carbonyl (C=O) groups excluding carboxylic acids is 2. The summed E-state index contributed by atoms with van der Waals surface area (Å²) in [6, 6.07) is 11.3. The Morgan fingerprint density at radius 3 is 2.62 bits per heavy atom. The topological polar surface area (TPSA) is 73.2 Å².